The van der Waals surface area contributed by atoms with Gasteiger partial charge in [-0.3, -0.25) is 24.0 Å². The number of benzene rings is 3. The SMILES string of the molecule is COC(=O)C1CCC(C(=O)Oc2ccc(OC(=O)C3CCC(C(=O)Oc4ccc(OCCCCCCOC(C)=O)cc4)CC3)c3sc(-c4cc5c(C)cc(C)cc5o4)nc23)CC1. The molecular weight excluding hydrogens is 815 g/mol. The first-order chi connectivity index (χ1) is 29.9. The minimum Gasteiger partial charge on any atom is -0.494 e. The first-order valence-corrected chi connectivity index (χ1v) is 22.3. The number of carbonyl (C=O) groups is 5. The summed E-state index contributed by atoms with van der Waals surface area (Å²) >= 11 is 1.28. The molecule has 0 spiro atoms. The largest absolute Gasteiger partial charge is 0.494 e. The summed E-state index contributed by atoms with van der Waals surface area (Å²) in [6.45, 7) is 6.44. The van der Waals surface area contributed by atoms with E-state index in [2.05, 4.69) is 6.07 Å². The van der Waals surface area contributed by atoms with Gasteiger partial charge in [-0.05, 0) is 151 Å². The quantitative estimate of drug-likeness (QED) is 0.0523. The molecule has 2 aromatic heterocycles. The number of ether oxygens (including phenoxy) is 6. The number of furan rings is 1. The lowest BCUT2D eigenvalue weighted by molar-refractivity contribution is -0.149. The monoisotopic (exact) mass is 867 g/mol. The Labute approximate surface area is 364 Å². The summed E-state index contributed by atoms with van der Waals surface area (Å²) in [7, 11) is 1.37. The molecule has 0 N–H and O–H groups in total. The van der Waals surface area contributed by atoms with Gasteiger partial charge in [-0.1, -0.05) is 6.07 Å². The third-order valence-corrected chi connectivity index (χ3v) is 12.8. The van der Waals surface area contributed by atoms with E-state index in [0.29, 0.717) is 103 Å². The van der Waals surface area contributed by atoms with Gasteiger partial charge in [0.15, 0.2) is 22.3 Å². The van der Waals surface area contributed by atoms with E-state index in [1.807, 2.05) is 26.0 Å². The van der Waals surface area contributed by atoms with E-state index in [9.17, 15) is 24.0 Å². The van der Waals surface area contributed by atoms with Crippen molar-refractivity contribution < 1.29 is 56.8 Å². The Morgan fingerprint density at radius 1 is 0.661 bits per heavy atom. The second-order valence-electron chi connectivity index (χ2n) is 16.3. The van der Waals surface area contributed by atoms with Gasteiger partial charge in [-0.15, -0.1) is 11.3 Å². The zero-order valence-corrected chi connectivity index (χ0v) is 36.5. The van der Waals surface area contributed by atoms with E-state index in [-0.39, 0.29) is 41.4 Å². The Morgan fingerprint density at radius 3 is 1.82 bits per heavy atom. The van der Waals surface area contributed by atoms with Gasteiger partial charge in [-0.25, -0.2) is 4.98 Å². The fraction of sp³-hybridized carbons (Fsp3) is 0.458. The molecule has 14 heteroatoms. The van der Waals surface area contributed by atoms with Crippen LogP contribution in [0.15, 0.2) is 59.0 Å². The third kappa shape index (κ3) is 11.0. The van der Waals surface area contributed by atoms with Crippen LogP contribution in [-0.4, -0.2) is 55.2 Å². The smallest absolute Gasteiger partial charge is 0.314 e. The van der Waals surface area contributed by atoms with Crippen molar-refractivity contribution in [1.29, 1.82) is 0 Å². The van der Waals surface area contributed by atoms with Crippen LogP contribution in [-0.2, 0) is 33.4 Å². The van der Waals surface area contributed by atoms with Crippen molar-refractivity contribution in [3.05, 3.63) is 65.7 Å². The number of thiazole rings is 1. The molecule has 328 valence electrons. The molecule has 13 nitrogen and oxygen atoms in total. The minimum atomic E-state index is -0.425. The Morgan fingerprint density at radius 2 is 1.21 bits per heavy atom. The minimum absolute atomic E-state index is 0.227. The topological polar surface area (TPSA) is 167 Å². The second-order valence-corrected chi connectivity index (χ2v) is 17.3. The molecule has 5 aromatic rings. The van der Waals surface area contributed by atoms with Crippen molar-refractivity contribution in [2.24, 2.45) is 23.7 Å². The second kappa shape index (κ2) is 20.4. The molecule has 2 saturated carbocycles. The van der Waals surface area contributed by atoms with Crippen molar-refractivity contribution in [3.8, 4) is 33.8 Å². The molecule has 0 bridgehead atoms. The summed E-state index contributed by atoms with van der Waals surface area (Å²) in [6.07, 6.45) is 7.58. The lowest BCUT2D eigenvalue weighted by Crippen LogP contribution is -2.30. The average molecular weight is 868 g/mol. The fourth-order valence-electron chi connectivity index (χ4n) is 8.27. The Balaban J connectivity index is 0.963. The van der Waals surface area contributed by atoms with E-state index in [4.69, 9.17) is 37.8 Å². The van der Waals surface area contributed by atoms with Gasteiger partial charge >= 0.3 is 29.8 Å². The zero-order valence-electron chi connectivity index (χ0n) is 35.7. The van der Waals surface area contributed by atoms with Crippen LogP contribution in [0.25, 0.3) is 32.0 Å². The zero-order chi connectivity index (χ0) is 43.8. The first-order valence-electron chi connectivity index (χ1n) is 21.5. The third-order valence-electron chi connectivity index (χ3n) is 11.7. The molecule has 0 amide bonds. The Bertz CT molecular complexity index is 2400. The molecule has 0 radical (unpaired) electrons. The van der Waals surface area contributed by atoms with Crippen LogP contribution in [0.2, 0.25) is 0 Å². The molecule has 0 atom stereocenters. The van der Waals surface area contributed by atoms with Gasteiger partial charge < -0.3 is 32.8 Å². The summed E-state index contributed by atoms with van der Waals surface area (Å²) in [5.74, 6) is -0.874. The highest BCUT2D eigenvalue weighted by molar-refractivity contribution is 7.22. The maximum absolute atomic E-state index is 13.7. The molecule has 3 aromatic carbocycles. The van der Waals surface area contributed by atoms with E-state index in [0.717, 1.165) is 47.8 Å². The normalized spacial score (nSPS) is 18.8. The van der Waals surface area contributed by atoms with Crippen LogP contribution in [0.1, 0.15) is 95.1 Å². The number of unbranched alkanes of at least 4 members (excludes halogenated alkanes) is 3. The summed E-state index contributed by atoms with van der Waals surface area (Å²) in [5, 5.41) is 1.50. The average Bonchev–Trinajstić information content (AvgIpc) is 3.92. The van der Waals surface area contributed by atoms with Crippen molar-refractivity contribution in [3.63, 3.8) is 0 Å². The number of hydrogen-bond acceptors (Lipinski definition) is 14. The maximum atomic E-state index is 13.7. The molecular formula is C48H53NO12S. The fourth-order valence-corrected chi connectivity index (χ4v) is 9.25. The van der Waals surface area contributed by atoms with Crippen LogP contribution < -0.4 is 18.9 Å². The summed E-state index contributed by atoms with van der Waals surface area (Å²) in [6, 6.07) is 16.2. The lowest BCUT2D eigenvalue weighted by Gasteiger charge is -2.26. The van der Waals surface area contributed by atoms with Gasteiger partial charge in [0.1, 0.15) is 27.3 Å². The number of aryl methyl sites for hydroxylation is 2. The van der Waals surface area contributed by atoms with Crippen molar-refractivity contribution in [2.75, 3.05) is 20.3 Å². The Kier molecular flexibility index (Phi) is 14.6. The number of hydrogen-bond donors (Lipinski definition) is 0. The molecule has 2 aliphatic rings. The lowest BCUT2D eigenvalue weighted by atomic mass is 9.82. The first kappa shape index (κ1) is 44.3. The predicted octanol–water partition coefficient (Wildman–Crippen LogP) is 10.0. The van der Waals surface area contributed by atoms with Crippen molar-refractivity contribution in [2.45, 2.75) is 97.8 Å². The van der Waals surface area contributed by atoms with Crippen LogP contribution in [0.3, 0.4) is 0 Å². The highest BCUT2D eigenvalue weighted by Gasteiger charge is 2.34. The van der Waals surface area contributed by atoms with E-state index < -0.39 is 17.9 Å². The van der Waals surface area contributed by atoms with Crippen molar-refractivity contribution in [1.82, 2.24) is 4.98 Å². The van der Waals surface area contributed by atoms with Crippen molar-refractivity contribution >= 4 is 62.4 Å². The number of carbonyl (C=O) groups excluding carboxylic acids is 5. The van der Waals surface area contributed by atoms with Gasteiger partial charge in [0.05, 0.1) is 44.0 Å². The van der Waals surface area contributed by atoms with Crippen LogP contribution >= 0.6 is 11.3 Å². The van der Waals surface area contributed by atoms with Gasteiger partial charge in [0.2, 0.25) is 0 Å². The van der Waals surface area contributed by atoms with Crippen LogP contribution in [0, 0.1) is 37.5 Å². The molecule has 0 aliphatic heterocycles. The highest BCUT2D eigenvalue weighted by Crippen LogP contribution is 2.43. The molecule has 0 saturated heterocycles. The number of rotatable bonds is 16. The molecule has 7 rings (SSSR count). The predicted molar refractivity (Wildman–Crippen MR) is 231 cm³/mol. The number of fused-ring (bicyclic) bond motifs is 2. The highest BCUT2D eigenvalue weighted by atomic mass is 32.1. The van der Waals surface area contributed by atoms with Gasteiger partial charge in [0.25, 0.3) is 0 Å². The van der Waals surface area contributed by atoms with E-state index >= 15 is 0 Å². The number of aromatic nitrogens is 1. The maximum Gasteiger partial charge on any atom is 0.314 e. The van der Waals surface area contributed by atoms with Gasteiger partial charge in [-0.2, -0.15) is 0 Å². The van der Waals surface area contributed by atoms with Crippen LogP contribution in [0.5, 0.6) is 23.0 Å². The van der Waals surface area contributed by atoms with Gasteiger partial charge in [0, 0.05) is 12.3 Å². The number of esters is 5. The number of methoxy groups -OCH3 is 1. The van der Waals surface area contributed by atoms with E-state index in [1.165, 1.54) is 25.4 Å². The molecule has 62 heavy (non-hydrogen) atoms. The van der Waals surface area contributed by atoms with E-state index in [1.54, 1.807) is 36.4 Å². The summed E-state index contributed by atoms with van der Waals surface area (Å²) in [4.78, 5) is 68.1. The standard InChI is InChI=1S/C48H53NO12S/c1-28-25-29(2)37-27-41(59-40(37)26-28)44-49-42-38(60-47(53)33-11-9-31(10-12-33)45(51)55-4)21-22-39(43(42)62-44)61-48(54)34-15-13-32(14-16-34)46(52)58-36-19-17-35(18-20-36)57-24-8-6-5-7-23-56-30(3)50/h17-22,25-27,31-34H,5-16,23-24H2,1-4H3. The molecule has 2 heterocycles. The molecule has 2 aliphatic carbocycles. The van der Waals surface area contributed by atoms with Crippen LogP contribution in [0.4, 0.5) is 0 Å². The Hall–Kier alpha value is -5.76. The summed E-state index contributed by atoms with van der Waals surface area (Å²) in [5.41, 5.74) is 3.24. The summed E-state index contributed by atoms with van der Waals surface area (Å²) < 4.78 is 40.2. The molecule has 2 fully saturated rings. The number of nitrogens with zero attached hydrogens (tertiary/aromatic N) is 1. The molecule has 0 unspecified atom stereocenters.